The predicted molar refractivity (Wildman–Crippen MR) is 110 cm³/mol. The number of hydrazone groups is 1. The second kappa shape index (κ2) is 7.32. The Bertz CT molecular complexity index is 1060. The number of amidine groups is 2. The molecule has 0 atom stereocenters. The number of ether oxygens (including phenoxy) is 2. The number of benzene rings is 2. The zero-order valence-corrected chi connectivity index (χ0v) is 16.0. The standard InChI is InChI=1S/C20H16N4O3S/c1-26-15-9-8-12(11-16(15)27-2)10-14-17(21)24-20(22-18(14)25)28-19(23-24)13-6-4-3-5-7-13/h3-11,21H,1-2H3/b14-10-,21-17?. The van der Waals surface area contributed by atoms with Crippen molar-refractivity contribution in [3.63, 3.8) is 0 Å². The second-order valence-corrected chi connectivity index (χ2v) is 6.86. The second-order valence-electron chi connectivity index (χ2n) is 5.91. The van der Waals surface area contributed by atoms with Gasteiger partial charge in [-0.1, -0.05) is 36.4 Å². The van der Waals surface area contributed by atoms with Crippen molar-refractivity contribution in [1.29, 1.82) is 5.41 Å². The zero-order valence-electron chi connectivity index (χ0n) is 15.2. The Balaban J connectivity index is 1.68. The smallest absolute Gasteiger partial charge is 0.283 e. The Morgan fingerprint density at radius 1 is 1.07 bits per heavy atom. The molecule has 4 rings (SSSR count). The number of fused-ring (bicyclic) bond motifs is 1. The molecule has 0 bridgehead atoms. The van der Waals surface area contributed by atoms with E-state index in [1.807, 2.05) is 30.3 Å². The fourth-order valence-electron chi connectivity index (χ4n) is 2.80. The van der Waals surface area contributed by atoms with Crippen molar-refractivity contribution in [2.45, 2.75) is 0 Å². The molecule has 0 spiro atoms. The molecule has 2 aliphatic heterocycles. The van der Waals surface area contributed by atoms with Crippen molar-refractivity contribution in [3.8, 4) is 11.5 Å². The normalized spacial score (nSPS) is 17.4. The molecule has 0 saturated heterocycles. The molecule has 0 aliphatic carbocycles. The average Bonchev–Trinajstić information content (AvgIpc) is 3.15. The number of hydrogen-bond acceptors (Lipinski definition) is 6. The van der Waals surface area contributed by atoms with Crippen LogP contribution < -0.4 is 9.47 Å². The minimum Gasteiger partial charge on any atom is -0.493 e. The van der Waals surface area contributed by atoms with Crippen LogP contribution in [0, 0.1) is 5.41 Å². The maximum atomic E-state index is 12.5. The summed E-state index contributed by atoms with van der Waals surface area (Å²) in [5.41, 5.74) is 1.77. The topological polar surface area (TPSA) is 87.3 Å². The van der Waals surface area contributed by atoms with E-state index in [9.17, 15) is 4.79 Å². The molecular formula is C20H16N4O3S. The molecular weight excluding hydrogens is 376 g/mol. The lowest BCUT2D eigenvalue weighted by molar-refractivity contribution is -0.114. The molecule has 2 aromatic carbocycles. The maximum Gasteiger partial charge on any atom is 0.283 e. The molecule has 2 aromatic rings. The molecule has 0 fully saturated rings. The van der Waals surface area contributed by atoms with Gasteiger partial charge >= 0.3 is 0 Å². The lowest BCUT2D eigenvalue weighted by Gasteiger charge is -2.20. The van der Waals surface area contributed by atoms with Crippen molar-refractivity contribution < 1.29 is 14.3 Å². The van der Waals surface area contributed by atoms with E-state index in [0.29, 0.717) is 27.3 Å². The first kappa shape index (κ1) is 18.0. The van der Waals surface area contributed by atoms with Crippen LogP contribution in [0.4, 0.5) is 0 Å². The van der Waals surface area contributed by atoms with E-state index in [4.69, 9.17) is 14.9 Å². The number of nitrogens with zero attached hydrogens (tertiary/aromatic N) is 3. The molecule has 28 heavy (non-hydrogen) atoms. The van der Waals surface area contributed by atoms with Gasteiger partial charge in [0.2, 0.25) is 5.17 Å². The van der Waals surface area contributed by atoms with Gasteiger partial charge in [-0.25, -0.2) is 0 Å². The van der Waals surface area contributed by atoms with E-state index in [-0.39, 0.29) is 11.4 Å². The molecule has 0 aromatic heterocycles. The maximum absolute atomic E-state index is 12.5. The lowest BCUT2D eigenvalue weighted by atomic mass is 10.1. The van der Waals surface area contributed by atoms with Gasteiger partial charge in [-0.3, -0.25) is 10.2 Å². The van der Waals surface area contributed by atoms with Crippen molar-refractivity contribution in [2.24, 2.45) is 10.1 Å². The van der Waals surface area contributed by atoms with E-state index in [1.54, 1.807) is 38.5 Å². The Hall–Kier alpha value is -3.39. The van der Waals surface area contributed by atoms with Crippen LogP contribution in [0.2, 0.25) is 0 Å². The molecule has 140 valence electrons. The van der Waals surface area contributed by atoms with Crippen LogP contribution in [0.25, 0.3) is 6.08 Å². The number of carbonyl (C=O) groups excluding carboxylic acids is 1. The Morgan fingerprint density at radius 3 is 2.54 bits per heavy atom. The number of nitrogens with one attached hydrogen (secondary N) is 1. The van der Waals surface area contributed by atoms with E-state index in [2.05, 4.69) is 10.1 Å². The van der Waals surface area contributed by atoms with E-state index < -0.39 is 5.91 Å². The van der Waals surface area contributed by atoms with Gasteiger partial charge in [0.05, 0.1) is 19.8 Å². The first-order chi connectivity index (χ1) is 13.6. The van der Waals surface area contributed by atoms with Crippen LogP contribution in [-0.2, 0) is 4.79 Å². The average molecular weight is 392 g/mol. The summed E-state index contributed by atoms with van der Waals surface area (Å²) in [6, 6.07) is 14.9. The van der Waals surface area contributed by atoms with Gasteiger partial charge < -0.3 is 9.47 Å². The van der Waals surface area contributed by atoms with E-state index >= 15 is 0 Å². The molecule has 0 saturated carbocycles. The minimum absolute atomic E-state index is 0.0109. The Labute approximate surface area is 165 Å². The number of amides is 1. The SMILES string of the molecule is COc1ccc(/C=C2/C(=N)N3N=C(c4ccccc4)SC3=NC2=O)cc1OC. The van der Waals surface area contributed by atoms with E-state index in [0.717, 1.165) is 5.56 Å². The number of carbonyl (C=O) groups is 1. The zero-order chi connectivity index (χ0) is 19.7. The van der Waals surface area contributed by atoms with Crippen molar-refractivity contribution in [1.82, 2.24) is 5.01 Å². The lowest BCUT2D eigenvalue weighted by Crippen LogP contribution is -2.35. The monoisotopic (exact) mass is 392 g/mol. The number of aliphatic imine (C=N–C) groups is 1. The molecule has 2 aliphatic rings. The fraction of sp³-hybridized carbons (Fsp3) is 0.100. The van der Waals surface area contributed by atoms with Gasteiger partial charge in [-0.05, 0) is 35.5 Å². The van der Waals surface area contributed by atoms with Crippen LogP contribution >= 0.6 is 11.8 Å². The molecule has 7 nitrogen and oxygen atoms in total. The first-order valence-corrected chi connectivity index (χ1v) is 9.20. The molecule has 1 N–H and O–H groups in total. The summed E-state index contributed by atoms with van der Waals surface area (Å²) in [5.74, 6) is 0.645. The van der Waals surface area contributed by atoms with Crippen LogP contribution in [-0.4, -0.2) is 41.2 Å². The van der Waals surface area contributed by atoms with E-state index in [1.165, 1.54) is 16.8 Å². The van der Waals surface area contributed by atoms with Gasteiger partial charge in [0, 0.05) is 5.56 Å². The highest BCUT2D eigenvalue weighted by Crippen LogP contribution is 2.32. The third kappa shape index (κ3) is 3.18. The fourth-order valence-corrected chi connectivity index (χ4v) is 3.70. The summed E-state index contributed by atoms with van der Waals surface area (Å²) < 4.78 is 10.5. The highest BCUT2D eigenvalue weighted by atomic mass is 32.2. The van der Waals surface area contributed by atoms with Gasteiger partial charge in [-0.2, -0.15) is 15.1 Å². The number of methoxy groups -OCH3 is 2. The summed E-state index contributed by atoms with van der Waals surface area (Å²) >= 11 is 1.28. The van der Waals surface area contributed by atoms with Crippen LogP contribution in [0.3, 0.4) is 0 Å². The van der Waals surface area contributed by atoms with Crippen molar-refractivity contribution >= 4 is 39.8 Å². The summed E-state index contributed by atoms with van der Waals surface area (Å²) in [6.07, 6.45) is 1.60. The van der Waals surface area contributed by atoms with Gasteiger partial charge in [0.1, 0.15) is 5.04 Å². The molecule has 1 amide bonds. The molecule has 2 heterocycles. The first-order valence-electron chi connectivity index (χ1n) is 8.38. The highest BCUT2D eigenvalue weighted by Gasteiger charge is 2.36. The molecule has 0 unspecified atom stereocenters. The third-order valence-corrected chi connectivity index (χ3v) is 5.15. The van der Waals surface area contributed by atoms with Gasteiger partial charge in [0.15, 0.2) is 17.3 Å². The third-order valence-electron chi connectivity index (χ3n) is 4.19. The van der Waals surface area contributed by atoms with Crippen LogP contribution in [0.15, 0.2) is 64.2 Å². The predicted octanol–water partition coefficient (Wildman–Crippen LogP) is 3.37. The van der Waals surface area contributed by atoms with Gasteiger partial charge in [-0.15, -0.1) is 0 Å². The summed E-state index contributed by atoms with van der Waals surface area (Å²) in [7, 11) is 3.10. The highest BCUT2D eigenvalue weighted by molar-refractivity contribution is 8.27. The van der Waals surface area contributed by atoms with Crippen molar-refractivity contribution in [3.05, 3.63) is 65.2 Å². The van der Waals surface area contributed by atoms with Crippen LogP contribution in [0.1, 0.15) is 11.1 Å². The Kier molecular flexibility index (Phi) is 4.70. The number of thioether (sulfide) groups is 1. The summed E-state index contributed by atoms with van der Waals surface area (Å²) in [6.45, 7) is 0. The minimum atomic E-state index is -0.469. The van der Waals surface area contributed by atoms with Gasteiger partial charge in [0.25, 0.3) is 5.91 Å². The summed E-state index contributed by atoms with van der Waals surface area (Å²) in [4.78, 5) is 16.6. The number of rotatable bonds is 4. The summed E-state index contributed by atoms with van der Waals surface area (Å²) in [5, 5.41) is 15.4. The Morgan fingerprint density at radius 2 is 1.82 bits per heavy atom. The largest absolute Gasteiger partial charge is 0.493 e. The van der Waals surface area contributed by atoms with Crippen molar-refractivity contribution in [2.75, 3.05) is 14.2 Å². The molecule has 8 heteroatoms. The molecule has 0 radical (unpaired) electrons. The number of hydrogen-bond donors (Lipinski definition) is 1. The van der Waals surface area contributed by atoms with Crippen LogP contribution in [0.5, 0.6) is 11.5 Å². The quantitative estimate of drug-likeness (QED) is 0.806.